The molecule has 2 saturated heterocycles. The average Bonchev–Trinajstić information content (AvgIpc) is 2.79. The van der Waals surface area contributed by atoms with Gasteiger partial charge in [-0.1, -0.05) is 29.8 Å². The smallest absolute Gasteiger partial charge is 0.193 e. The van der Waals surface area contributed by atoms with E-state index in [1.165, 1.54) is 30.4 Å². The fourth-order valence-corrected chi connectivity index (χ4v) is 4.27. The van der Waals surface area contributed by atoms with E-state index in [2.05, 4.69) is 60.3 Å². The van der Waals surface area contributed by atoms with Gasteiger partial charge in [-0.05, 0) is 44.6 Å². The number of aryl methyl sites for hydroxylation is 1. The molecule has 1 aromatic carbocycles. The van der Waals surface area contributed by atoms with E-state index in [1.807, 2.05) is 0 Å². The summed E-state index contributed by atoms with van der Waals surface area (Å²) >= 11 is 0. The molecule has 2 aliphatic heterocycles. The van der Waals surface area contributed by atoms with Crippen LogP contribution in [0.15, 0.2) is 29.3 Å². The molecule has 168 valence electrons. The SMILES string of the molecule is CCNC(=NCC(c1ccc(C)cc1)N1CCOCC1)N(C)CCC1CCOCC1. The summed E-state index contributed by atoms with van der Waals surface area (Å²) in [5, 5.41) is 3.50. The van der Waals surface area contributed by atoms with Crippen molar-refractivity contribution in [3.05, 3.63) is 35.4 Å². The van der Waals surface area contributed by atoms with E-state index in [0.29, 0.717) is 0 Å². The Bertz CT molecular complexity index is 637. The molecule has 1 aromatic rings. The van der Waals surface area contributed by atoms with Crippen LogP contribution < -0.4 is 5.32 Å². The van der Waals surface area contributed by atoms with Gasteiger partial charge in [-0.3, -0.25) is 9.89 Å². The maximum Gasteiger partial charge on any atom is 0.193 e. The number of morpholine rings is 1. The summed E-state index contributed by atoms with van der Waals surface area (Å²) in [5.41, 5.74) is 2.64. The molecule has 1 N–H and O–H groups in total. The molecule has 0 spiro atoms. The lowest BCUT2D eigenvalue weighted by Gasteiger charge is -2.34. The normalized spacial score (nSPS) is 20.2. The molecule has 3 rings (SSSR count). The number of benzene rings is 1. The number of nitrogens with zero attached hydrogens (tertiary/aromatic N) is 3. The summed E-state index contributed by atoms with van der Waals surface area (Å²) < 4.78 is 11.1. The Morgan fingerprint density at radius 2 is 1.80 bits per heavy atom. The third kappa shape index (κ3) is 6.96. The first-order valence-electron chi connectivity index (χ1n) is 11.6. The van der Waals surface area contributed by atoms with Gasteiger partial charge in [-0.2, -0.15) is 0 Å². The van der Waals surface area contributed by atoms with Crippen LogP contribution in [0, 0.1) is 12.8 Å². The Morgan fingerprint density at radius 1 is 1.13 bits per heavy atom. The Kier molecular flexibility index (Phi) is 9.43. The van der Waals surface area contributed by atoms with Crippen LogP contribution in [-0.4, -0.2) is 82.0 Å². The molecular formula is C24H40N4O2. The summed E-state index contributed by atoms with van der Waals surface area (Å²) in [6, 6.07) is 9.21. The highest BCUT2D eigenvalue weighted by Gasteiger charge is 2.23. The van der Waals surface area contributed by atoms with Crippen LogP contribution in [0.3, 0.4) is 0 Å². The second-order valence-electron chi connectivity index (χ2n) is 8.54. The summed E-state index contributed by atoms with van der Waals surface area (Å²) in [7, 11) is 2.16. The lowest BCUT2D eigenvalue weighted by molar-refractivity contribution is 0.0179. The van der Waals surface area contributed by atoms with Crippen LogP contribution in [0.2, 0.25) is 0 Å². The van der Waals surface area contributed by atoms with Crippen LogP contribution in [0.4, 0.5) is 0 Å². The van der Waals surface area contributed by atoms with Crippen LogP contribution in [0.1, 0.15) is 43.4 Å². The van der Waals surface area contributed by atoms with Gasteiger partial charge in [0.05, 0.1) is 25.8 Å². The monoisotopic (exact) mass is 416 g/mol. The molecule has 6 heteroatoms. The summed E-state index contributed by atoms with van der Waals surface area (Å²) in [6.07, 6.45) is 3.58. The van der Waals surface area contributed by atoms with Gasteiger partial charge in [-0.15, -0.1) is 0 Å². The highest BCUT2D eigenvalue weighted by atomic mass is 16.5. The average molecular weight is 417 g/mol. The third-order valence-electron chi connectivity index (χ3n) is 6.27. The lowest BCUT2D eigenvalue weighted by atomic mass is 9.96. The number of rotatable bonds is 8. The molecule has 0 saturated carbocycles. The molecular weight excluding hydrogens is 376 g/mol. The maximum absolute atomic E-state index is 5.59. The Morgan fingerprint density at radius 3 is 2.47 bits per heavy atom. The van der Waals surface area contributed by atoms with Crippen molar-refractivity contribution in [1.82, 2.24) is 15.1 Å². The van der Waals surface area contributed by atoms with Crippen molar-refractivity contribution in [2.75, 3.05) is 66.2 Å². The second kappa shape index (κ2) is 12.3. The molecule has 0 amide bonds. The molecule has 2 heterocycles. The first-order valence-corrected chi connectivity index (χ1v) is 11.6. The summed E-state index contributed by atoms with van der Waals surface area (Å²) in [5.74, 6) is 1.78. The van der Waals surface area contributed by atoms with Crippen LogP contribution in [-0.2, 0) is 9.47 Å². The topological polar surface area (TPSA) is 49.3 Å². The van der Waals surface area contributed by atoms with Crippen LogP contribution in [0.5, 0.6) is 0 Å². The number of hydrogen-bond acceptors (Lipinski definition) is 4. The number of nitrogens with one attached hydrogen (secondary N) is 1. The fraction of sp³-hybridized carbons (Fsp3) is 0.708. The molecule has 0 radical (unpaired) electrons. The van der Waals surface area contributed by atoms with Crippen molar-refractivity contribution >= 4 is 5.96 Å². The zero-order chi connectivity index (χ0) is 21.2. The minimum absolute atomic E-state index is 0.284. The van der Waals surface area contributed by atoms with Crippen molar-refractivity contribution in [3.63, 3.8) is 0 Å². The highest BCUT2D eigenvalue weighted by molar-refractivity contribution is 5.79. The number of ether oxygens (including phenoxy) is 2. The molecule has 0 aliphatic carbocycles. The Labute approximate surface area is 182 Å². The number of hydrogen-bond donors (Lipinski definition) is 1. The van der Waals surface area contributed by atoms with E-state index >= 15 is 0 Å². The maximum atomic E-state index is 5.59. The van der Waals surface area contributed by atoms with Crippen molar-refractivity contribution in [3.8, 4) is 0 Å². The Hall–Kier alpha value is -1.63. The number of guanidine groups is 1. The first kappa shape index (κ1) is 23.0. The Balaban J connectivity index is 1.66. The van der Waals surface area contributed by atoms with E-state index in [-0.39, 0.29) is 6.04 Å². The van der Waals surface area contributed by atoms with E-state index in [9.17, 15) is 0 Å². The lowest BCUT2D eigenvalue weighted by Crippen LogP contribution is -2.42. The predicted octanol–water partition coefficient (Wildman–Crippen LogP) is 3.08. The zero-order valence-corrected chi connectivity index (χ0v) is 19.1. The molecule has 1 unspecified atom stereocenters. The first-order chi connectivity index (χ1) is 14.7. The molecule has 30 heavy (non-hydrogen) atoms. The van der Waals surface area contributed by atoms with E-state index < -0.39 is 0 Å². The third-order valence-corrected chi connectivity index (χ3v) is 6.27. The van der Waals surface area contributed by atoms with Gasteiger partial charge in [0, 0.05) is 46.4 Å². The predicted molar refractivity (Wildman–Crippen MR) is 123 cm³/mol. The van der Waals surface area contributed by atoms with Gasteiger partial charge in [0.15, 0.2) is 5.96 Å². The van der Waals surface area contributed by atoms with Crippen LogP contribution in [0.25, 0.3) is 0 Å². The van der Waals surface area contributed by atoms with Crippen molar-refractivity contribution in [2.24, 2.45) is 10.9 Å². The second-order valence-corrected chi connectivity index (χ2v) is 8.54. The molecule has 2 aliphatic rings. The van der Waals surface area contributed by atoms with Crippen molar-refractivity contribution in [1.29, 1.82) is 0 Å². The van der Waals surface area contributed by atoms with Gasteiger partial charge in [0.25, 0.3) is 0 Å². The van der Waals surface area contributed by atoms with Crippen molar-refractivity contribution < 1.29 is 9.47 Å². The van der Waals surface area contributed by atoms with E-state index in [0.717, 1.165) is 71.0 Å². The summed E-state index contributed by atoms with van der Waals surface area (Å²) in [6.45, 7) is 12.3. The quantitative estimate of drug-likeness (QED) is 0.521. The number of aliphatic imine (C=N–C) groups is 1. The largest absolute Gasteiger partial charge is 0.381 e. The summed E-state index contributed by atoms with van der Waals surface area (Å²) in [4.78, 5) is 9.89. The van der Waals surface area contributed by atoms with Gasteiger partial charge >= 0.3 is 0 Å². The highest BCUT2D eigenvalue weighted by Crippen LogP contribution is 2.23. The fourth-order valence-electron chi connectivity index (χ4n) is 4.27. The molecule has 0 bridgehead atoms. The zero-order valence-electron chi connectivity index (χ0n) is 19.1. The van der Waals surface area contributed by atoms with Gasteiger partial charge in [0.2, 0.25) is 0 Å². The standard InChI is InChI=1S/C24H40N4O2/c1-4-25-24(27(3)12-9-21-10-15-29-16-11-21)26-19-23(28-13-17-30-18-14-28)22-7-5-20(2)6-8-22/h5-8,21,23H,4,9-19H2,1-3H3,(H,25,26). The minimum atomic E-state index is 0.284. The molecule has 0 aromatic heterocycles. The van der Waals surface area contributed by atoms with Gasteiger partial charge < -0.3 is 19.7 Å². The molecule has 2 fully saturated rings. The van der Waals surface area contributed by atoms with E-state index in [1.54, 1.807) is 0 Å². The molecule has 1 atom stereocenters. The van der Waals surface area contributed by atoms with Gasteiger partial charge in [-0.25, -0.2) is 0 Å². The van der Waals surface area contributed by atoms with E-state index in [4.69, 9.17) is 14.5 Å². The minimum Gasteiger partial charge on any atom is -0.381 e. The van der Waals surface area contributed by atoms with Crippen LogP contribution >= 0.6 is 0 Å². The van der Waals surface area contributed by atoms with Crippen molar-refractivity contribution in [2.45, 2.75) is 39.2 Å². The van der Waals surface area contributed by atoms with Gasteiger partial charge in [0.1, 0.15) is 0 Å². The molecule has 6 nitrogen and oxygen atoms in total.